The first-order chi connectivity index (χ1) is 23.4. The van der Waals surface area contributed by atoms with Crippen LogP contribution in [-0.2, 0) is 28.7 Å². The molecule has 0 saturated carbocycles. The fourth-order valence-corrected chi connectivity index (χ4v) is 6.69. The zero-order chi connectivity index (χ0) is 36.5. The third-order valence-electron chi connectivity index (χ3n) is 9.31. The van der Waals surface area contributed by atoms with Crippen LogP contribution in [0.25, 0.3) is 22.0 Å². The average molecular weight is 718 g/mol. The number of fused-ring (bicyclic) bond motifs is 1. The molecular weight excluding hydrogens is 683 g/mol. The highest BCUT2D eigenvalue weighted by atomic mass is 19.4. The van der Waals surface area contributed by atoms with Gasteiger partial charge in [0.1, 0.15) is 24.2 Å². The van der Waals surface area contributed by atoms with Gasteiger partial charge < -0.3 is 10.4 Å². The molecule has 1 atom stereocenters. The number of benzene rings is 2. The van der Waals surface area contributed by atoms with Crippen molar-refractivity contribution >= 4 is 28.9 Å². The number of nitrogens with zero attached hydrogens (tertiary/aromatic N) is 3. The molecule has 0 bridgehead atoms. The number of halogens is 9. The van der Waals surface area contributed by atoms with Crippen molar-refractivity contribution in [3.63, 3.8) is 0 Å². The summed E-state index contributed by atoms with van der Waals surface area (Å²) in [6.45, 7) is -1.88. The summed E-state index contributed by atoms with van der Waals surface area (Å²) in [5.41, 5.74) is -3.79. The van der Waals surface area contributed by atoms with E-state index < -0.39 is 86.3 Å². The molecule has 1 saturated heterocycles. The van der Waals surface area contributed by atoms with Crippen LogP contribution in [0.3, 0.4) is 0 Å². The number of carbonyl (C=O) groups is 2. The van der Waals surface area contributed by atoms with Crippen LogP contribution in [0.2, 0.25) is 0 Å². The molecular formula is C34H34F9N4O3+. The van der Waals surface area contributed by atoms with Crippen LogP contribution in [0.1, 0.15) is 48.8 Å². The van der Waals surface area contributed by atoms with E-state index in [1.165, 1.54) is 42.6 Å². The summed E-state index contributed by atoms with van der Waals surface area (Å²) < 4.78 is 127. The van der Waals surface area contributed by atoms with E-state index >= 15 is 0 Å². The van der Waals surface area contributed by atoms with Gasteiger partial charge in [-0.3, -0.25) is 14.7 Å². The predicted octanol–water partition coefficient (Wildman–Crippen LogP) is 7.01. The Labute approximate surface area is 280 Å². The monoisotopic (exact) mass is 717 g/mol. The van der Waals surface area contributed by atoms with E-state index in [4.69, 9.17) is 0 Å². The van der Waals surface area contributed by atoms with Gasteiger partial charge in [-0.05, 0) is 54.8 Å². The predicted molar refractivity (Wildman–Crippen MR) is 164 cm³/mol. The average Bonchev–Trinajstić information content (AvgIpc) is 3.03. The minimum absolute atomic E-state index is 0.0883. The third kappa shape index (κ3) is 8.22. The molecule has 2 aromatic carbocycles. The Morgan fingerprint density at radius 3 is 2.24 bits per heavy atom. The first kappa shape index (κ1) is 37.1. The van der Waals surface area contributed by atoms with Crippen molar-refractivity contribution in [3.05, 3.63) is 65.4 Å². The Morgan fingerprint density at radius 2 is 1.64 bits per heavy atom. The second kappa shape index (κ2) is 14.2. The van der Waals surface area contributed by atoms with Crippen molar-refractivity contribution in [3.8, 4) is 11.3 Å². The Hall–Kier alpha value is -4.21. The number of piperidine rings is 1. The van der Waals surface area contributed by atoms with Gasteiger partial charge in [-0.15, -0.1) is 0 Å². The van der Waals surface area contributed by atoms with Crippen molar-refractivity contribution in [2.45, 2.75) is 69.6 Å². The number of hydrogen-bond donors (Lipinski definition) is 2. The first-order valence-corrected chi connectivity index (χ1v) is 15.9. The zero-order valence-electron chi connectivity index (χ0n) is 26.6. The first-order valence-electron chi connectivity index (χ1n) is 15.9. The topological polar surface area (TPSA) is 85.5 Å². The molecule has 16 heteroatoms. The smallest absolute Gasteiger partial charge is 0.418 e. The normalized spacial score (nSPS) is 18.1. The molecule has 3 heterocycles. The van der Waals surface area contributed by atoms with Gasteiger partial charge in [0.05, 0.1) is 17.8 Å². The fraction of sp³-hybridized carbons (Fsp3) is 0.471. The van der Waals surface area contributed by atoms with E-state index in [-0.39, 0.29) is 28.8 Å². The number of carbonyl (C=O) groups excluding carboxylic acids is 1. The maximum atomic E-state index is 14.4. The highest BCUT2D eigenvalue weighted by Crippen LogP contribution is 2.47. The Morgan fingerprint density at radius 1 is 0.960 bits per heavy atom. The molecule has 270 valence electrons. The number of alkyl halides is 9. The lowest BCUT2D eigenvalue weighted by molar-refractivity contribution is -0.544. The second-order valence-electron chi connectivity index (χ2n) is 12.7. The van der Waals surface area contributed by atoms with Gasteiger partial charge in [0.15, 0.2) is 6.54 Å². The van der Waals surface area contributed by atoms with Crippen molar-refractivity contribution in [2.75, 3.05) is 26.2 Å². The largest absolute Gasteiger partial charge is 0.480 e. The number of aromatic nitrogens is 1. The molecule has 7 nitrogen and oxygen atoms in total. The van der Waals surface area contributed by atoms with Crippen molar-refractivity contribution in [1.82, 2.24) is 15.2 Å². The van der Waals surface area contributed by atoms with Crippen LogP contribution in [0.4, 0.5) is 39.5 Å². The molecule has 0 spiro atoms. The van der Waals surface area contributed by atoms with Gasteiger partial charge in [-0.25, -0.2) is 9.37 Å². The van der Waals surface area contributed by atoms with E-state index in [2.05, 4.69) is 4.98 Å². The summed E-state index contributed by atoms with van der Waals surface area (Å²) in [4.78, 5) is 30.4. The lowest BCUT2D eigenvalue weighted by atomic mass is 9.76. The number of aliphatic carboxylic acids is 1. The van der Waals surface area contributed by atoms with Crippen LogP contribution in [0.5, 0.6) is 0 Å². The summed E-state index contributed by atoms with van der Waals surface area (Å²) >= 11 is 0. The summed E-state index contributed by atoms with van der Waals surface area (Å²) in [6.07, 6.45) is -11.1. The van der Waals surface area contributed by atoms with Crippen LogP contribution in [0.15, 0.2) is 48.7 Å². The van der Waals surface area contributed by atoms with Gasteiger partial charge in [-0.1, -0.05) is 36.4 Å². The highest BCUT2D eigenvalue weighted by molar-refractivity contribution is 5.98. The number of pyridine rings is 1. The van der Waals surface area contributed by atoms with E-state index in [1.807, 2.05) is 16.1 Å². The summed E-state index contributed by atoms with van der Waals surface area (Å²) in [5.74, 6) is -3.35. The van der Waals surface area contributed by atoms with Crippen LogP contribution >= 0.6 is 0 Å². The number of carboxylic acids is 1. The molecule has 3 aromatic rings. The molecule has 1 fully saturated rings. The maximum Gasteiger partial charge on any atom is 0.418 e. The van der Waals surface area contributed by atoms with Gasteiger partial charge >= 0.3 is 24.5 Å². The van der Waals surface area contributed by atoms with E-state index in [0.29, 0.717) is 17.5 Å². The van der Waals surface area contributed by atoms with Crippen LogP contribution in [-0.4, -0.2) is 82.2 Å². The lowest BCUT2D eigenvalue weighted by Crippen LogP contribution is -2.59. The molecule has 2 N–H and O–H groups in total. The molecule has 50 heavy (non-hydrogen) atoms. The Kier molecular flexibility index (Phi) is 10.5. The molecule has 0 aliphatic carbocycles. The molecule has 1 aromatic heterocycles. The molecule has 2 aliphatic rings. The Bertz CT molecular complexity index is 1760. The number of likely N-dealkylation sites (tertiary alicyclic amines) is 1. The van der Waals surface area contributed by atoms with Gasteiger partial charge in [-0.2, -0.15) is 39.5 Å². The molecule has 1 amide bonds. The van der Waals surface area contributed by atoms with Crippen LogP contribution in [0, 0.1) is 5.41 Å². The van der Waals surface area contributed by atoms with E-state index in [0.717, 1.165) is 30.2 Å². The minimum atomic E-state index is -5.19. The molecule has 2 aliphatic heterocycles. The van der Waals surface area contributed by atoms with Gasteiger partial charge in [0.25, 0.3) is 0 Å². The molecule has 0 unspecified atom stereocenters. The van der Waals surface area contributed by atoms with Crippen molar-refractivity contribution in [1.29, 1.82) is 0 Å². The van der Waals surface area contributed by atoms with Gasteiger partial charge in [0.2, 0.25) is 5.91 Å². The molecule has 0 radical (unpaired) electrons. The van der Waals surface area contributed by atoms with Crippen LogP contribution < -0.4 is 5.32 Å². The van der Waals surface area contributed by atoms with E-state index in [9.17, 15) is 54.2 Å². The standard InChI is InChI=1S/C34H33F9N4O3/c35-32(36,37)20-47-14-10-31(11-15-47,34(41,42)43)30(50)45-27(29(48)49)17-22-6-4-8-24-23(22)7-5-9-25(24)28-26(33(38,39)40)16-21(18-44-28)19-46-12-2-1-3-13-46/h4-9,12,16,18,27H,1-3,10-11,13-15,17,19-20H2,(H-,45,48,49,50)/p+1/t27-/m0/s1. The fourth-order valence-electron chi connectivity index (χ4n) is 6.69. The van der Waals surface area contributed by atoms with Crippen molar-refractivity contribution in [2.24, 2.45) is 5.41 Å². The zero-order valence-corrected chi connectivity index (χ0v) is 26.6. The quantitative estimate of drug-likeness (QED) is 0.184. The highest BCUT2D eigenvalue weighted by Gasteiger charge is 2.61. The van der Waals surface area contributed by atoms with Gasteiger partial charge in [0, 0.05) is 36.6 Å². The summed E-state index contributed by atoms with van der Waals surface area (Å²) in [5, 5.41) is 12.5. The van der Waals surface area contributed by atoms with E-state index in [1.54, 1.807) is 0 Å². The third-order valence-corrected chi connectivity index (χ3v) is 9.31. The second-order valence-corrected chi connectivity index (χ2v) is 12.7. The maximum absolute atomic E-state index is 14.4. The summed E-state index contributed by atoms with van der Waals surface area (Å²) in [7, 11) is 0. The minimum Gasteiger partial charge on any atom is -0.480 e. The number of carboxylic acid groups (broad SMARTS) is 1. The number of hydrogen-bond acceptors (Lipinski definition) is 4. The number of rotatable bonds is 9. The van der Waals surface area contributed by atoms with Crippen molar-refractivity contribution < 1.29 is 58.8 Å². The molecule has 5 rings (SSSR count). The SMILES string of the molecule is O=C(O)[C@H](Cc1cccc2c(-c3ncc(C[N+]4=CCCCC4)cc3C(F)(F)F)cccc12)NC(=O)C1(C(F)(F)F)CCN(CC(F)(F)F)CC1. The number of nitrogens with one attached hydrogen (secondary N) is 1. The lowest BCUT2D eigenvalue weighted by Gasteiger charge is -2.42. The Balaban J connectivity index is 1.44. The number of amides is 1. The summed E-state index contributed by atoms with van der Waals surface area (Å²) in [6, 6.07) is 7.93.